The molecule has 0 spiro atoms. The van der Waals surface area contributed by atoms with E-state index in [-0.39, 0.29) is 0 Å². The summed E-state index contributed by atoms with van der Waals surface area (Å²) in [4.78, 5) is 0. The number of aryl methyl sites for hydroxylation is 1. The predicted octanol–water partition coefficient (Wildman–Crippen LogP) is 5.59. The van der Waals surface area contributed by atoms with Crippen LogP contribution in [0, 0.1) is 0 Å². The number of hydrogen-bond donors (Lipinski definition) is 2. The molecule has 0 radical (unpaired) electrons. The summed E-state index contributed by atoms with van der Waals surface area (Å²) < 4.78 is 1.92. The lowest BCUT2D eigenvalue weighted by Crippen LogP contribution is -2.27. The Morgan fingerprint density at radius 1 is 0.900 bits per heavy atom. The number of thiocarbonyl (C=S) groups is 1. The molecule has 4 rings (SSSR count). The van der Waals surface area contributed by atoms with E-state index in [1.807, 2.05) is 53.2 Å². The Labute approximate surface area is 182 Å². The molecule has 4 nitrogen and oxygen atoms in total. The van der Waals surface area contributed by atoms with Crippen molar-refractivity contribution in [3.63, 3.8) is 0 Å². The largest absolute Gasteiger partial charge is 0.358 e. The molecule has 0 aliphatic rings. The maximum atomic E-state index is 5.51. The highest BCUT2D eigenvalue weighted by atomic mass is 32.1. The van der Waals surface area contributed by atoms with Gasteiger partial charge in [0.05, 0.1) is 11.4 Å². The Balaban J connectivity index is 1.52. The minimum atomic E-state index is 0.579. The standard InChI is InChI=1S/C25H24N4S/c1-2-19-13-15-22(16-14-19)27-25(30)26-17-21-18-29(23-11-7-4-8-12-23)28-24(21)20-9-5-3-6-10-20/h3-16,18H,2,17H2,1H3,(H2,26,27,30). The topological polar surface area (TPSA) is 41.9 Å². The van der Waals surface area contributed by atoms with E-state index in [1.54, 1.807) is 0 Å². The zero-order chi connectivity index (χ0) is 20.8. The van der Waals surface area contributed by atoms with Crippen molar-refractivity contribution in [3.05, 3.63) is 102 Å². The summed E-state index contributed by atoms with van der Waals surface area (Å²) in [5, 5.41) is 12.0. The summed E-state index contributed by atoms with van der Waals surface area (Å²) in [6.07, 6.45) is 3.08. The predicted molar refractivity (Wildman–Crippen MR) is 128 cm³/mol. The van der Waals surface area contributed by atoms with Crippen LogP contribution in [0.1, 0.15) is 18.1 Å². The van der Waals surface area contributed by atoms with E-state index in [0.29, 0.717) is 11.7 Å². The molecular weight excluding hydrogens is 388 g/mol. The third-order valence-electron chi connectivity index (χ3n) is 4.92. The van der Waals surface area contributed by atoms with Gasteiger partial charge >= 0.3 is 0 Å². The molecule has 1 heterocycles. The zero-order valence-electron chi connectivity index (χ0n) is 16.9. The summed E-state index contributed by atoms with van der Waals surface area (Å²) in [6.45, 7) is 2.73. The second kappa shape index (κ2) is 9.37. The van der Waals surface area contributed by atoms with E-state index in [1.165, 1.54) is 5.56 Å². The molecule has 0 saturated heterocycles. The van der Waals surface area contributed by atoms with Crippen LogP contribution in [0.15, 0.2) is 91.1 Å². The van der Waals surface area contributed by atoms with Crippen LogP contribution in [0.2, 0.25) is 0 Å². The van der Waals surface area contributed by atoms with Crippen molar-refractivity contribution in [2.45, 2.75) is 19.9 Å². The third-order valence-corrected chi connectivity index (χ3v) is 5.16. The van der Waals surface area contributed by atoms with E-state index in [4.69, 9.17) is 17.3 Å². The fourth-order valence-corrected chi connectivity index (χ4v) is 3.46. The highest BCUT2D eigenvalue weighted by Crippen LogP contribution is 2.23. The quantitative estimate of drug-likeness (QED) is 0.405. The van der Waals surface area contributed by atoms with Crippen LogP contribution in [0.3, 0.4) is 0 Å². The van der Waals surface area contributed by atoms with Gasteiger partial charge in [-0.3, -0.25) is 0 Å². The van der Waals surface area contributed by atoms with Gasteiger partial charge in [0.15, 0.2) is 5.11 Å². The van der Waals surface area contributed by atoms with Gasteiger partial charge in [0.2, 0.25) is 0 Å². The van der Waals surface area contributed by atoms with Gasteiger partial charge in [0, 0.05) is 29.6 Å². The Morgan fingerprint density at radius 3 is 2.23 bits per heavy atom. The van der Waals surface area contributed by atoms with Gasteiger partial charge in [-0.2, -0.15) is 5.10 Å². The van der Waals surface area contributed by atoms with Crippen molar-refractivity contribution < 1.29 is 0 Å². The number of nitrogens with one attached hydrogen (secondary N) is 2. The molecule has 4 aromatic rings. The highest BCUT2D eigenvalue weighted by Gasteiger charge is 2.12. The van der Waals surface area contributed by atoms with E-state index >= 15 is 0 Å². The molecule has 0 bridgehead atoms. The Bertz CT molecular complexity index is 1100. The first-order chi connectivity index (χ1) is 14.7. The fraction of sp³-hybridized carbons (Fsp3) is 0.120. The van der Waals surface area contributed by atoms with Crippen molar-refractivity contribution in [3.8, 4) is 16.9 Å². The molecule has 2 N–H and O–H groups in total. The minimum Gasteiger partial charge on any atom is -0.358 e. The van der Waals surface area contributed by atoms with Crippen LogP contribution < -0.4 is 10.6 Å². The summed E-state index contributed by atoms with van der Waals surface area (Å²) in [5.41, 5.74) is 6.42. The number of nitrogens with zero attached hydrogens (tertiary/aromatic N) is 2. The monoisotopic (exact) mass is 412 g/mol. The molecule has 1 aromatic heterocycles. The number of aromatic nitrogens is 2. The molecule has 0 saturated carbocycles. The average molecular weight is 413 g/mol. The van der Waals surface area contributed by atoms with Crippen molar-refractivity contribution in [2.75, 3.05) is 5.32 Å². The molecule has 0 unspecified atom stereocenters. The van der Waals surface area contributed by atoms with Crippen LogP contribution in [-0.2, 0) is 13.0 Å². The molecule has 0 fully saturated rings. The van der Waals surface area contributed by atoms with Crippen LogP contribution in [0.5, 0.6) is 0 Å². The van der Waals surface area contributed by atoms with Gasteiger partial charge in [-0.1, -0.05) is 67.6 Å². The van der Waals surface area contributed by atoms with Crippen LogP contribution in [-0.4, -0.2) is 14.9 Å². The number of benzene rings is 3. The van der Waals surface area contributed by atoms with Crippen molar-refractivity contribution >= 4 is 23.0 Å². The molecule has 0 aliphatic heterocycles. The number of para-hydroxylation sites is 1. The SMILES string of the molecule is CCc1ccc(NC(=S)NCc2cn(-c3ccccc3)nc2-c2ccccc2)cc1. The maximum Gasteiger partial charge on any atom is 0.171 e. The summed E-state index contributed by atoms with van der Waals surface area (Å²) >= 11 is 5.51. The molecule has 30 heavy (non-hydrogen) atoms. The second-order valence-corrected chi connectivity index (χ2v) is 7.42. The normalized spacial score (nSPS) is 10.6. The van der Waals surface area contributed by atoms with Crippen molar-refractivity contribution in [2.24, 2.45) is 0 Å². The van der Waals surface area contributed by atoms with Gasteiger partial charge in [-0.05, 0) is 48.5 Å². The van der Waals surface area contributed by atoms with Gasteiger partial charge in [-0.25, -0.2) is 4.68 Å². The molecule has 3 aromatic carbocycles. The van der Waals surface area contributed by atoms with Gasteiger partial charge in [0.1, 0.15) is 0 Å². The Morgan fingerprint density at radius 2 is 1.57 bits per heavy atom. The number of rotatable bonds is 6. The van der Waals surface area contributed by atoms with Crippen LogP contribution in [0.25, 0.3) is 16.9 Å². The van der Waals surface area contributed by atoms with Gasteiger partial charge in [0.25, 0.3) is 0 Å². The lowest BCUT2D eigenvalue weighted by molar-refractivity contribution is 0.879. The summed E-state index contributed by atoms with van der Waals surface area (Å²) in [5.74, 6) is 0. The molecule has 0 atom stereocenters. The van der Waals surface area contributed by atoms with Crippen LogP contribution >= 0.6 is 12.2 Å². The van der Waals surface area contributed by atoms with E-state index < -0.39 is 0 Å². The number of anilines is 1. The fourth-order valence-electron chi connectivity index (χ4n) is 3.27. The molecule has 0 amide bonds. The number of hydrogen-bond acceptors (Lipinski definition) is 2. The first-order valence-corrected chi connectivity index (χ1v) is 10.5. The van der Waals surface area contributed by atoms with Gasteiger partial charge < -0.3 is 10.6 Å². The van der Waals surface area contributed by atoms with E-state index in [0.717, 1.165) is 34.6 Å². The second-order valence-electron chi connectivity index (χ2n) is 7.01. The molecular formula is C25H24N4S. The van der Waals surface area contributed by atoms with E-state index in [2.05, 4.69) is 60.2 Å². The average Bonchev–Trinajstić information content (AvgIpc) is 3.24. The third kappa shape index (κ3) is 4.75. The smallest absolute Gasteiger partial charge is 0.171 e. The molecule has 0 aliphatic carbocycles. The summed E-state index contributed by atoms with van der Waals surface area (Å²) in [7, 11) is 0. The lowest BCUT2D eigenvalue weighted by atomic mass is 10.1. The Hall–Kier alpha value is -3.44. The zero-order valence-corrected chi connectivity index (χ0v) is 17.7. The van der Waals surface area contributed by atoms with E-state index in [9.17, 15) is 0 Å². The Kier molecular flexibility index (Phi) is 6.20. The summed E-state index contributed by atoms with van der Waals surface area (Å²) in [6, 6.07) is 28.7. The van der Waals surface area contributed by atoms with Crippen LogP contribution in [0.4, 0.5) is 5.69 Å². The highest BCUT2D eigenvalue weighted by molar-refractivity contribution is 7.80. The first-order valence-electron chi connectivity index (χ1n) is 10.1. The first kappa shape index (κ1) is 19.9. The lowest BCUT2D eigenvalue weighted by Gasteiger charge is -2.11. The van der Waals surface area contributed by atoms with Gasteiger partial charge in [-0.15, -0.1) is 0 Å². The maximum absolute atomic E-state index is 5.51. The molecule has 150 valence electrons. The van der Waals surface area contributed by atoms with Crippen molar-refractivity contribution in [1.82, 2.24) is 15.1 Å². The molecule has 5 heteroatoms. The van der Waals surface area contributed by atoms with Crippen molar-refractivity contribution in [1.29, 1.82) is 0 Å². The minimum absolute atomic E-state index is 0.579.